The number of likely N-dealkylation sites (tertiary alicyclic amines) is 1. The number of benzene rings is 1. The van der Waals surface area contributed by atoms with Crippen LogP contribution >= 0.6 is 11.3 Å². The number of nitrogens with one attached hydrogen (secondary N) is 2. The van der Waals surface area contributed by atoms with Crippen molar-refractivity contribution in [3.8, 4) is 10.4 Å². The highest BCUT2D eigenvalue weighted by atomic mass is 32.1. The lowest BCUT2D eigenvalue weighted by Gasteiger charge is -2.35. The number of alkyl halides is 3. The second-order valence-electron chi connectivity index (χ2n) is 11.5. The third kappa shape index (κ3) is 11.1. The average Bonchev–Trinajstić information content (AvgIpc) is 3.56. The number of ether oxygens (including phenoxy) is 1. The topological polar surface area (TPSA) is 184 Å². The number of hydrogen-bond donors (Lipinski definition) is 5. The van der Waals surface area contributed by atoms with Crippen LogP contribution in [0.4, 0.5) is 13.2 Å². The molecule has 12 nitrogen and oxygen atoms in total. The predicted molar refractivity (Wildman–Crippen MR) is 160 cm³/mol. The van der Waals surface area contributed by atoms with Gasteiger partial charge in [0.2, 0.25) is 17.7 Å². The summed E-state index contributed by atoms with van der Waals surface area (Å²) < 4.78 is 36.9. The van der Waals surface area contributed by atoms with E-state index in [9.17, 15) is 32.7 Å². The molecule has 4 unspecified atom stereocenters. The normalized spacial score (nSPS) is 18.0. The van der Waals surface area contributed by atoms with E-state index in [-0.39, 0.29) is 44.7 Å². The van der Waals surface area contributed by atoms with Gasteiger partial charge >= 0.3 is 12.1 Å². The lowest BCUT2D eigenvalue weighted by Crippen LogP contribution is -2.58. The number of thiazole rings is 1. The highest BCUT2D eigenvalue weighted by Gasteiger charge is 2.44. The quantitative estimate of drug-likeness (QED) is 0.239. The van der Waals surface area contributed by atoms with Crippen LogP contribution in [-0.2, 0) is 23.9 Å². The van der Waals surface area contributed by atoms with Crippen LogP contribution in [0.3, 0.4) is 0 Å². The van der Waals surface area contributed by atoms with Gasteiger partial charge < -0.3 is 36.2 Å². The summed E-state index contributed by atoms with van der Waals surface area (Å²) in [5.74, 6) is -3.97. The van der Waals surface area contributed by atoms with Crippen LogP contribution < -0.4 is 16.4 Å². The Bertz CT molecular complexity index is 1310. The van der Waals surface area contributed by atoms with Crippen molar-refractivity contribution in [2.75, 3.05) is 26.3 Å². The molecule has 0 saturated carbocycles. The molecular weight excluding hydrogens is 619 g/mol. The number of β-amino-alcohol motifs (C(OH)–C–C–N with tert-alkyl or cyclic N) is 1. The Labute approximate surface area is 263 Å². The number of nitrogens with two attached hydrogens (primary N) is 1. The Kier molecular flexibility index (Phi) is 13.5. The van der Waals surface area contributed by atoms with Crippen molar-refractivity contribution >= 4 is 35.0 Å². The van der Waals surface area contributed by atoms with E-state index in [2.05, 4.69) is 15.6 Å². The summed E-state index contributed by atoms with van der Waals surface area (Å²) in [7, 11) is 0. The number of carboxylic acids is 1. The van der Waals surface area contributed by atoms with Crippen molar-refractivity contribution in [1.82, 2.24) is 20.5 Å². The Morgan fingerprint density at radius 1 is 1.16 bits per heavy atom. The first kappa shape index (κ1) is 37.6. The van der Waals surface area contributed by atoms with Crippen LogP contribution in [0.1, 0.15) is 51.4 Å². The molecular formula is C29H40F3N5O7S. The Balaban J connectivity index is 0.000000900. The number of hydrogen-bond acceptors (Lipinski definition) is 9. The number of carbonyl (C=O) groups is 4. The summed E-state index contributed by atoms with van der Waals surface area (Å²) in [6.45, 7) is 9.65. The summed E-state index contributed by atoms with van der Waals surface area (Å²) >= 11 is 1.58. The first-order chi connectivity index (χ1) is 20.9. The zero-order chi connectivity index (χ0) is 34.1. The third-order valence-corrected chi connectivity index (χ3v) is 7.78. The maximum atomic E-state index is 13.6. The minimum Gasteiger partial charge on any atom is -0.475 e. The first-order valence-electron chi connectivity index (χ1n) is 14.0. The third-order valence-electron chi connectivity index (χ3n) is 6.80. The average molecular weight is 660 g/mol. The number of aromatic nitrogens is 1. The van der Waals surface area contributed by atoms with Gasteiger partial charge in [0.25, 0.3) is 0 Å². The fourth-order valence-electron chi connectivity index (χ4n) is 4.47. The molecule has 2 heterocycles. The van der Waals surface area contributed by atoms with Crippen molar-refractivity contribution in [2.45, 2.75) is 71.4 Å². The molecule has 3 rings (SSSR count). The van der Waals surface area contributed by atoms with Gasteiger partial charge in [-0.3, -0.25) is 14.4 Å². The van der Waals surface area contributed by atoms with Crippen LogP contribution in [0.25, 0.3) is 10.4 Å². The smallest absolute Gasteiger partial charge is 0.475 e. The Morgan fingerprint density at radius 2 is 1.76 bits per heavy atom. The van der Waals surface area contributed by atoms with Crippen LogP contribution in [0.15, 0.2) is 29.8 Å². The number of amides is 3. The van der Waals surface area contributed by atoms with E-state index in [1.54, 1.807) is 11.3 Å². The summed E-state index contributed by atoms with van der Waals surface area (Å²) in [4.78, 5) is 55.0. The Hall–Kier alpha value is -3.60. The number of aliphatic hydroxyl groups excluding tert-OH is 1. The lowest BCUT2D eigenvalue weighted by atomic mass is 9.85. The molecule has 3 amide bonds. The predicted octanol–water partition coefficient (Wildman–Crippen LogP) is 2.40. The molecule has 250 valence electrons. The molecule has 4 atom stereocenters. The number of aliphatic carboxylic acids is 1. The van der Waals surface area contributed by atoms with Gasteiger partial charge in [-0.25, -0.2) is 9.78 Å². The fourth-order valence-corrected chi connectivity index (χ4v) is 5.28. The summed E-state index contributed by atoms with van der Waals surface area (Å²) in [6.07, 6.45) is -5.80. The van der Waals surface area contributed by atoms with Crippen molar-refractivity contribution in [3.05, 3.63) is 41.0 Å². The molecule has 0 spiro atoms. The molecule has 16 heteroatoms. The minimum absolute atomic E-state index is 0.0142. The zero-order valence-electron chi connectivity index (χ0n) is 25.7. The monoisotopic (exact) mass is 659 g/mol. The number of carbonyl (C=O) groups excluding carboxylic acids is 3. The van der Waals surface area contributed by atoms with Crippen molar-refractivity contribution in [3.63, 3.8) is 0 Å². The molecule has 0 bridgehead atoms. The van der Waals surface area contributed by atoms with Crippen LogP contribution in [-0.4, -0.2) is 94.5 Å². The maximum Gasteiger partial charge on any atom is 0.490 e. The maximum absolute atomic E-state index is 13.6. The molecule has 45 heavy (non-hydrogen) atoms. The number of halogens is 3. The summed E-state index contributed by atoms with van der Waals surface area (Å²) in [5, 5.41) is 23.2. The second kappa shape index (κ2) is 16.1. The molecule has 2 aromatic rings. The van der Waals surface area contributed by atoms with Crippen LogP contribution in [0, 0.1) is 12.3 Å². The van der Waals surface area contributed by atoms with E-state index in [1.165, 1.54) is 4.90 Å². The fraction of sp³-hybridized carbons (Fsp3) is 0.552. The number of rotatable bonds is 10. The standard InChI is InChI=1S/C27H39N5O5S.C2HF3O2/c1-16(18-6-8-19(9-7-18)23-17(2)29-15-38-23)30-25(35)21-12-20(33)13-32(21)26(36)24(27(3,4)5)31-22(34)14-37-11-10-28;3-2(4,5)1(6)7/h6-9,15-16,20-21,24,33H,10-14,28H2,1-5H3,(H,30,35)(H,31,34);(H,6,7). The van der Waals surface area contributed by atoms with Gasteiger partial charge in [0, 0.05) is 19.5 Å². The highest BCUT2D eigenvalue weighted by Crippen LogP contribution is 2.29. The van der Waals surface area contributed by atoms with Gasteiger partial charge in [0.05, 0.1) is 34.8 Å². The highest BCUT2D eigenvalue weighted by molar-refractivity contribution is 7.13. The largest absolute Gasteiger partial charge is 0.490 e. The van der Waals surface area contributed by atoms with Crippen molar-refractivity contribution < 1.29 is 47.3 Å². The van der Waals surface area contributed by atoms with Gasteiger partial charge in [-0.15, -0.1) is 11.3 Å². The van der Waals surface area contributed by atoms with Gasteiger partial charge in [-0.1, -0.05) is 45.0 Å². The number of nitrogens with zero attached hydrogens (tertiary/aromatic N) is 2. The molecule has 1 aliphatic rings. The lowest BCUT2D eigenvalue weighted by molar-refractivity contribution is -0.192. The number of aliphatic hydroxyl groups is 1. The summed E-state index contributed by atoms with van der Waals surface area (Å²) in [6, 6.07) is 5.86. The van der Waals surface area contributed by atoms with Crippen molar-refractivity contribution in [1.29, 1.82) is 0 Å². The molecule has 1 aromatic heterocycles. The SMILES string of the molecule is Cc1ncsc1-c1ccc(C(C)NC(=O)C2CC(O)CN2C(=O)C(NC(=O)COCCN)C(C)(C)C)cc1.O=C(O)C(F)(F)F. The summed E-state index contributed by atoms with van der Waals surface area (Å²) in [5.41, 5.74) is 9.52. The van der Waals surface area contributed by atoms with Crippen LogP contribution in [0.2, 0.25) is 0 Å². The van der Waals surface area contributed by atoms with E-state index in [1.807, 2.05) is 64.4 Å². The van der Waals surface area contributed by atoms with Gasteiger partial charge in [0.1, 0.15) is 18.7 Å². The van der Waals surface area contributed by atoms with Gasteiger partial charge in [0.15, 0.2) is 0 Å². The van der Waals surface area contributed by atoms with Gasteiger partial charge in [-0.05, 0) is 30.4 Å². The second-order valence-corrected chi connectivity index (χ2v) is 12.4. The molecule has 1 fully saturated rings. The van der Waals surface area contributed by atoms with Gasteiger partial charge in [-0.2, -0.15) is 13.2 Å². The molecule has 1 aliphatic heterocycles. The van der Waals surface area contributed by atoms with E-state index in [0.717, 1.165) is 21.7 Å². The van der Waals surface area contributed by atoms with Crippen LogP contribution in [0.5, 0.6) is 0 Å². The first-order valence-corrected chi connectivity index (χ1v) is 14.9. The zero-order valence-corrected chi connectivity index (χ0v) is 26.5. The number of carboxylic acid groups (broad SMARTS) is 1. The molecule has 1 saturated heterocycles. The van der Waals surface area contributed by atoms with E-state index >= 15 is 0 Å². The molecule has 0 radical (unpaired) electrons. The molecule has 0 aliphatic carbocycles. The van der Waals surface area contributed by atoms with E-state index in [4.69, 9.17) is 20.4 Å². The Morgan fingerprint density at radius 3 is 2.24 bits per heavy atom. The number of aryl methyl sites for hydroxylation is 1. The van der Waals surface area contributed by atoms with Crippen molar-refractivity contribution in [2.24, 2.45) is 11.1 Å². The molecule has 6 N–H and O–H groups in total. The van der Waals surface area contributed by atoms with E-state index < -0.39 is 47.6 Å². The van der Waals surface area contributed by atoms with E-state index in [0.29, 0.717) is 0 Å². The molecule has 1 aromatic carbocycles. The minimum atomic E-state index is -5.08.